The summed E-state index contributed by atoms with van der Waals surface area (Å²) in [6, 6.07) is 1.08. The zero-order chi connectivity index (χ0) is 10.3. The lowest BCUT2D eigenvalue weighted by molar-refractivity contribution is 0.529. The Kier molecular flexibility index (Phi) is 2.14. The number of nitrogens with one attached hydrogen (secondary N) is 1. The molecule has 2 unspecified atom stereocenters. The van der Waals surface area contributed by atoms with Gasteiger partial charge in [-0.25, -0.2) is 0 Å². The van der Waals surface area contributed by atoms with Crippen molar-refractivity contribution < 1.29 is 0 Å². The number of hydrogen-bond acceptors (Lipinski definition) is 2. The first-order valence-corrected chi connectivity index (χ1v) is 5.20. The van der Waals surface area contributed by atoms with E-state index in [0.29, 0.717) is 18.0 Å². The molecule has 76 valence electrons. The summed E-state index contributed by atoms with van der Waals surface area (Å²) in [7, 11) is 1.98. The molecule has 2 atom stereocenters. The third kappa shape index (κ3) is 1.26. The molecule has 1 N–H and O–H groups in total. The van der Waals surface area contributed by atoms with Crippen LogP contribution in [0.3, 0.4) is 0 Å². The highest BCUT2D eigenvalue weighted by Gasteiger charge is 2.49. The average molecular weight is 190 g/mol. The van der Waals surface area contributed by atoms with Crippen LogP contribution in [0.4, 0.5) is 0 Å². The number of likely N-dealkylation sites (N-methyl/N-ethyl adjacent to an activating group) is 1. The van der Waals surface area contributed by atoms with Gasteiger partial charge in [-0.1, -0.05) is 32.6 Å². The molecule has 0 aromatic rings. The van der Waals surface area contributed by atoms with Gasteiger partial charge in [-0.15, -0.1) is 0 Å². The molecule has 0 aromatic carbocycles. The molecule has 0 saturated carbocycles. The molecule has 14 heavy (non-hydrogen) atoms. The van der Waals surface area contributed by atoms with Gasteiger partial charge in [0, 0.05) is 18.4 Å². The Morgan fingerprint density at radius 1 is 1.57 bits per heavy atom. The van der Waals surface area contributed by atoms with Gasteiger partial charge in [0.15, 0.2) is 0 Å². The summed E-state index contributed by atoms with van der Waals surface area (Å²) in [6.07, 6.45) is 6.52. The molecular weight excluding hydrogens is 172 g/mol. The van der Waals surface area contributed by atoms with Crippen LogP contribution in [0.1, 0.15) is 13.8 Å². The lowest BCUT2D eigenvalue weighted by atomic mass is 10.1. The van der Waals surface area contributed by atoms with E-state index in [9.17, 15) is 0 Å². The quantitative estimate of drug-likeness (QED) is 0.683. The zero-order valence-corrected chi connectivity index (χ0v) is 9.12. The van der Waals surface area contributed by atoms with Crippen LogP contribution in [0.15, 0.2) is 36.2 Å². The summed E-state index contributed by atoms with van der Waals surface area (Å²) in [5.74, 6) is 0.534. The van der Waals surface area contributed by atoms with Gasteiger partial charge in [-0.05, 0) is 12.0 Å². The lowest BCUT2D eigenvalue weighted by Crippen LogP contribution is -2.16. The van der Waals surface area contributed by atoms with Gasteiger partial charge in [0.05, 0.1) is 12.1 Å². The monoisotopic (exact) mass is 190 g/mol. The van der Waals surface area contributed by atoms with Crippen molar-refractivity contribution in [2.75, 3.05) is 7.05 Å². The highest BCUT2D eigenvalue weighted by Crippen LogP contribution is 2.41. The Morgan fingerprint density at radius 3 is 2.86 bits per heavy atom. The molecule has 1 saturated heterocycles. The summed E-state index contributed by atoms with van der Waals surface area (Å²) in [5, 5.41) is 3.25. The van der Waals surface area contributed by atoms with Crippen LogP contribution in [0.5, 0.6) is 0 Å². The molecule has 0 spiro atoms. The van der Waals surface area contributed by atoms with E-state index in [4.69, 9.17) is 0 Å². The number of hydrogen-bond donors (Lipinski definition) is 1. The summed E-state index contributed by atoms with van der Waals surface area (Å²) in [5.41, 5.74) is 2.55. The van der Waals surface area contributed by atoms with Crippen LogP contribution in [-0.4, -0.2) is 24.0 Å². The molecule has 2 nitrogen and oxygen atoms in total. The van der Waals surface area contributed by atoms with Crippen molar-refractivity contribution in [1.29, 1.82) is 0 Å². The first-order chi connectivity index (χ1) is 6.66. The third-order valence-corrected chi connectivity index (χ3v) is 3.04. The van der Waals surface area contributed by atoms with E-state index in [2.05, 4.69) is 48.9 Å². The molecule has 1 heterocycles. The molecule has 0 bridgehead atoms. The smallest absolute Gasteiger partial charge is 0.0931 e. The van der Waals surface area contributed by atoms with Crippen LogP contribution in [0, 0.1) is 5.92 Å². The second-order valence-corrected chi connectivity index (χ2v) is 4.25. The number of allylic oxidation sites excluding steroid dienone is 3. The van der Waals surface area contributed by atoms with Gasteiger partial charge in [0.25, 0.3) is 0 Å². The summed E-state index contributed by atoms with van der Waals surface area (Å²) < 4.78 is 0. The maximum atomic E-state index is 4.15. The lowest BCUT2D eigenvalue weighted by Gasteiger charge is -2.13. The van der Waals surface area contributed by atoms with Crippen molar-refractivity contribution in [3.05, 3.63) is 36.2 Å². The fourth-order valence-corrected chi connectivity index (χ4v) is 2.05. The Labute approximate surface area is 86.0 Å². The molecule has 2 heteroatoms. The van der Waals surface area contributed by atoms with Crippen molar-refractivity contribution in [3.63, 3.8) is 0 Å². The highest BCUT2D eigenvalue weighted by atomic mass is 15.4. The van der Waals surface area contributed by atoms with Crippen molar-refractivity contribution in [2.24, 2.45) is 5.92 Å². The zero-order valence-electron chi connectivity index (χ0n) is 9.12. The minimum Gasteiger partial charge on any atom is -0.390 e. The van der Waals surface area contributed by atoms with Gasteiger partial charge in [-0.2, -0.15) is 0 Å². The predicted octanol–water partition coefficient (Wildman–Crippen LogP) is 1.88. The second-order valence-electron chi connectivity index (χ2n) is 4.25. The summed E-state index contributed by atoms with van der Waals surface area (Å²) >= 11 is 0. The number of nitrogens with zero attached hydrogens (tertiary/aromatic N) is 1. The summed E-state index contributed by atoms with van der Waals surface area (Å²) in [4.78, 5) is 2.39. The second kappa shape index (κ2) is 3.19. The first kappa shape index (κ1) is 9.38. The Bertz CT molecular complexity index is 312. The Balaban J connectivity index is 2.12. The molecule has 1 aliphatic heterocycles. The van der Waals surface area contributed by atoms with Gasteiger partial charge < -0.3 is 10.2 Å². The number of fused-ring (bicyclic) bond motifs is 1. The van der Waals surface area contributed by atoms with E-state index in [-0.39, 0.29) is 0 Å². The molecule has 2 rings (SSSR count). The van der Waals surface area contributed by atoms with Gasteiger partial charge in [0.2, 0.25) is 0 Å². The van der Waals surface area contributed by atoms with Crippen LogP contribution in [-0.2, 0) is 0 Å². The van der Waals surface area contributed by atoms with E-state index in [1.807, 2.05) is 7.05 Å². The van der Waals surface area contributed by atoms with Crippen molar-refractivity contribution in [1.82, 2.24) is 10.2 Å². The van der Waals surface area contributed by atoms with Gasteiger partial charge in [0.1, 0.15) is 0 Å². The Morgan fingerprint density at radius 2 is 2.29 bits per heavy atom. The van der Waals surface area contributed by atoms with Gasteiger partial charge >= 0.3 is 0 Å². The van der Waals surface area contributed by atoms with E-state index >= 15 is 0 Å². The van der Waals surface area contributed by atoms with Crippen LogP contribution in [0.2, 0.25) is 0 Å². The summed E-state index contributed by atoms with van der Waals surface area (Å²) in [6.45, 7) is 8.53. The highest BCUT2D eigenvalue weighted by molar-refractivity contribution is 5.39. The number of rotatable bonds is 3. The maximum absolute atomic E-state index is 4.15. The molecular formula is C12H18N2. The largest absolute Gasteiger partial charge is 0.390 e. The first-order valence-electron chi connectivity index (χ1n) is 5.20. The Hall–Kier alpha value is -1.18. The fourth-order valence-electron chi connectivity index (χ4n) is 2.05. The fraction of sp³-hybridized carbons (Fsp3) is 0.500. The SMILES string of the molecule is C=C(C(C)C)N1C2C=CC=C(NC)C21. The van der Waals surface area contributed by atoms with Crippen molar-refractivity contribution in [3.8, 4) is 0 Å². The van der Waals surface area contributed by atoms with Crippen LogP contribution < -0.4 is 5.32 Å². The average Bonchev–Trinajstić information content (AvgIpc) is 2.90. The molecule has 0 amide bonds. The predicted molar refractivity (Wildman–Crippen MR) is 59.7 cm³/mol. The molecule has 0 radical (unpaired) electrons. The van der Waals surface area contributed by atoms with Crippen LogP contribution >= 0.6 is 0 Å². The van der Waals surface area contributed by atoms with Crippen molar-refractivity contribution in [2.45, 2.75) is 25.9 Å². The topological polar surface area (TPSA) is 15.0 Å². The molecule has 1 aliphatic carbocycles. The van der Waals surface area contributed by atoms with Crippen LogP contribution in [0.25, 0.3) is 0 Å². The minimum absolute atomic E-state index is 0.528. The molecule has 1 fully saturated rings. The normalized spacial score (nSPS) is 28.6. The van der Waals surface area contributed by atoms with E-state index < -0.39 is 0 Å². The van der Waals surface area contributed by atoms with E-state index in [0.717, 1.165) is 0 Å². The molecule has 2 aliphatic rings. The van der Waals surface area contributed by atoms with Gasteiger partial charge in [-0.3, -0.25) is 0 Å². The maximum Gasteiger partial charge on any atom is 0.0931 e. The molecule has 0 aromatic heterocycles. The standard InChI is InChI=1S/C12H18N2/c1-8(2)9(3)14-11-7-5-6-10(13-4)12(11)14/h5-8,11-13H,3H2,1-2,4H3. The van der Waals surface area contributed by atoms with E-state index in [1.165, 1.54) is 11.4 Å². The van der Waals surface area contributed by atoms with E-state index in [1.54, 1.807) is 0 Å². The minimum atomic E-state index is 0.528. The third-order valence-electron chi connectivity index (χ3n) is 3.04. The van der Waals surface area contributed by atoms with Crippen molar-refractivity contribution >= 4 is 0 Å².